The molecule has 0 saturated carbocycles. The summed E-state index contributed by atoms with van der Waals surface area (Å²) in [7, 11) is 0.894. The molecule has 2 aromatic rings. The minimum atomic E-state index is -5.04. The predicted octanol–water partition coefficient (Wildman–Crippen LogP) is 5.27. The Balaban J connectivity index is 0.00000768. The molecule has 2 aromatic carbocycles. The molecule has 0 radical (unpaired) electrons. The largest absolute Gasteiger partial charge is 0.491 e. The molecule has 0 aliphatic carbocycles. The minimum absolute atomic E-state index is 0. The lowest BCUT2D eigenvalue weighted by Crippen LogP contribution is -2.42. The summed E-state index contributed by atoms with van der Waals surface area (Å²) in [6.07, 6.45) is -4.88. The molecule has 15 heteroatoms. The molecule has 3 rings (SSSR count). The van der Waals surface area contributed by atoms with E-state index in [1.165, 1.54) is 19.1 Å². The molecule has 0 bridgehead atoms. The van der Waals surface area contributed by atoms with Gasteiger partial charge in [-0.25, -0.2) is 9.59 Å². The molecule has 3 N–H and O–H groups in total. The number of benzene rings is 2. The fourth-order valence-electron chi connectivity index (χ4n) is 4.75. The van der Waals surface area contributed by atoms with Gasteiger partial charge in [0.2, 0.25) is 0 Å². The number of esters is 2. The van der Waals surface area contributed by atoms with Crippen LogP contribution < -0.4 is 15.4 Å². The van der Waals surface area contributed by atoms with Crippen molar-refractivity contribution in [3.8, 4) is 5.75 Å². The Bertz CT molecular complexity index is 1490. The van der Waals surface area contributed by atoms with Gasteiger partial charge in [-0.15, -0.1) is 12.4 Å². The topological polar surface area (TPSA) is 149 Å². The van der Waals surface area contributed by atoms with Gasteiger partial charge in [0, 0.05) is 29.9 Å². The van der Waals surface area contributed by atoms with E-state index in [4.69, 9.17) is 9.47 Å². The number of carbonyl (C=O) groups excluding carboxylic acids is 2. The van der Waals surface area contributed by atoms with E-state index in [1.807, 2.05) is 32.9 Å². The van der Waals surface area contributed by atoms with Crippen LogP contribution in [0.15, 0.2) is 71.1 Å². The van der Waals surface area contributed by atoms with Crippen LogP contribution in [0, 0.1) is 10.1 Å². The molecular formula is C32H39ClF3N3O8. The van der Waals surface area contributed by atoms with Crippen LogP contribution in [-0.2, 0) is 25.5 Å². The number of nitrogens with one attached hydrogen (secondary N) is 2. The van der Waals surface area contributed by atoms with Crippen molar-refractivity contribution in [1.82, 2.24) is 10.6 Å². The summed E-state index contributed by atoms with van der Waals surface area (Å²) in [5.74, 6) is -3.45. The highest BCUT2D eigenvalue weighted by Crippen LogP contribution is 2.44. The normalized spacial score (nSPS) is 15.7. The molecule has 2 unspecified atom stereocenters. The summed E-state index contributed by atoms with van der Waals surface area (Å²) in [6.45, 7) is 7.59. The molecule has 258 valence electrons. The van der Waals surface area contributed by atoms with E-state index in [1.54, 1.807) is 12.1 Å². The first kappa shape index (κ1) is 39.0. The molecule has 2 atom stereocenters. The maximum atomic E-state index is 14.1. The van der Waals surface area contributed by atoms with Crippen molar-refractivity contribution in [1.29, 1.82) is 0 Å². The first-order valence-corrected chi connectivity index (χ1v) is 14.5. The number of dihydropyridines is 1. The van der Waals surface area contributed by atoms with Crippen LogP contribution in [-0.4, -0.2) is 66.7 Å². The smallest absolute Gasteiger partial charge is 0.431 e. The van der Waals surface area contributed by atoms with Crippen molar-refractivity contribution >= 4 is 30.0 Å². The lowest BCUT2D eigenvalue weighted by atomic mass is 9.80. The molecule has 47 heavy (non-hydrogen) atoms. The highest BCUT2D eigenvalue weighted by atomic mass is 35.5. The second-order valence-corrected chi connectivity index (χ2v) is 11.7. The number of ether oxygens (including phenoxy) is 3. The van der Waals surface area contributed by atoms with E-state index >= 15 is 0 Å². The van der Waals surface area contributed by atoms with Gasteiger partial charge in [0.25, 0.3) is 5.69 Å². The predicted molar refractivity (Wildman–Crippen MR) is 169 cm³/mol. The van der Waals surface area contributed by atoms with Crippen LogP contribution in [0.1, 0.15) is 51.2 Å². The molecular weight excluding hydrogens is 647 g/mol. The zero-order chi connectivity index (χ0) is 34.2. The van der Waals surface area contributed by atoms with Crippen molar-refractivity contribution in [2.45, 2.75) is 64.3 Å². The molecule has 1 aliphatic heterocycles. The van der Waals surface area contributed by atoms with Gasteiger partial charge in [-0.05, 0) is 63.8 Å². The summed E-state index contributed by atoms with van der Waals surface area (Å²) >= 11 is 0. The van der Waals surface area contributed by atoms with Crippen molar-refractivity contribution in [3.05, 3.63) is 92.3 Å². The Hall–Kier alpha value is -4.14. The van der Waals surface area contributed by atoms with Gasteiger partial charge >= 0.3 is 18.1 Å². The van der Waals surface area contributed by atoms with Crippen molar-refractivity contribution < 1.29 is 47.0 Å². The number of hydrogen-bond donors (Lipinski definition) is 3. The highest BCUT2D eigenvalue weighted by molar-refractivity contribution is 6.00. The number of aliphatic hydroxyl groups excluding tert-OH is 1. The lowest BCUT2D eigenvalue weighted by molar-refractivity contribution is -0.384. The number of aliphatic hydroxyl groups is 1. The molecule has 11 nitrogen and oxygen atoms in total. The minimum Gasteiger partial charge on any atom is -0.491 e. The Kier molecular flexibility index (Phi) is 13.8. The number of halogens is 4. The summed E-state index contributed by atoms with van der Waals surface area (Å²) in [5, 5.41) is 26.8. The standard InChI is InChI=1S/C32H38F3N3O8.ClH/c1-19-25(26(21-9-6-10-22(16-21)38(42)43)27(29(40)44-5)28(37-19)32(33,34)35)30(41)45-15-7-8-20-11-13-24(14-12-20)46-18-23(39)17-36-31(2,3)4;/h6,9-14,16,23,26,36-37,39H,7-8,15,17-18H2,1-5H3;1H. The quantitative estimate of drug-likeness (QED) is 0.110. The van der Waals surface area contributed by atoms with Gasteiger partial charge in [0.1, 0.15) is 24.2 Å². The summed E-state index contributed by atoms with van der Waals surface area (Å²) < 4.78 is 57.9. The Morgan fingerprint density at radius 1 is 1.09 bits per heavy atom. The monoisotopic (exact) mass is 685 g/mol. The third-order valence-electron chi connectivity index (χ3n) is 6.96. The third-order valence-corrected chi connectivity index (χ3v) is 6.96. The highest BCUT2D eigenvalue weighted by Gasteiger charge is 2.47. The van der Waals surface area contributed by atoms with Crippen LogP contribution in [0.5, 0.6) is 5.75 Å². The number of nitro groups is 1. The number of rotatable bonds is 13. The van der Waals surface area contributed by atoms with Crippen LogP contribution in [0.4, 0.5) is 18.9 Å². The van der Waals surface area contributed by atoms with E-state index in [2.05, 4.69) is 15.4 Å². The number of allylic oxidation sites excluding steroid dienone is 2. The first-order valence-electron chi connectivity index (χ1n) is 14.5. The maximum absolute atomic E-state index is 14.1. The van der Waals surface area contributed by atoms with E-state index in [0.29, 0.717) is 25.1 Å². The third kappa shape index (κ3) is 11.0. The van der Waals surface area contributed by atoms with Gasteiger partial charge in [-0.3, -0.25) is 10.1 Å². The molecule has 0 spiro atoms. The molecule has 0 aromatic heterocycles. The van der Waals surface area contributed by atoms with Gasteiger partial charge in [0.05, 0.1) is 35.7 Å². The summed E-state index contributed by atoms with van der Waals surface area (Å²) in [5.41, 5.74) is -2.66. The number of non-ortho nitro benzene ring substituents is 1. The van der Waals surface area contributed by atoms with Crippen molar-refractivity contribution in [2.75, 3.05) is 26.9 Å². The van der Waals surface area contributed by atoms with Crippen molar-refractivity contribution in [3.63, 3.8) is 0 Å². The average molecular weight is 686 g/mol. The van der Waals surface area contributed by atoms with E-state index in [9.17, 15) is 38.0 Å². The van der Waals surface area contributed by atoms with Crippen LogP contribution in [0.3, 0.4) is 0 Å². The zero-order valence-electron chi connectivity index (χ0n) is 26.6. The number of hydrogen-bond acceptors (Lipinski definition) is 10. The molecule has 0 amide bonds. The number of β-amino-alcohol motifs (C(OH)–C–C–N with tert-alkyl or cyclic N) is 1. The number of methoxy groups -OCH3 is 1. The molecule has 0 saturated heterocycles. The molecule has 0 fully saturated rings. The fourth-order valence-corrected chi connectivity index (χ4v) is 4.75. The van der Waals surface area contributed by atoms with Gasteiger partial charge in [-0.2, -0.15) is 13.2 Å². The zero-order valence-corrected chi connectivity index (χ0v) is 27.4. The second kappa shape index (κ2) is 16.6. The van der Waals surface area contributed by atoms with E-state index in [-0.39, 0.29) is 48.0 Å². The lowest BCUT2D eigenvalue weighted by Gasteiger charge is -2.31. The fraction of sp³-hybridized carbons (Fsp3) is 0.438. The molecule has 1 aliphatic rings. The van der Waals surface area contributed by atoms with Crippen LogP contribution >= 0.6 is 12.4 Å². The average Bonchev–Trinajstić information content (AvgIpc) is 2.99. The summed E-state index contributed by atoms with van der Waals surface area (Å²) in [4.78, 5) is 36.8. The Morgan fingerprint density at radius 2 is 1.74 bits per heavy atom. The second-order valence-electron chi connectivity index (χ2n) is 11.7. The summed E-state index contributed by atoms with van der Waals surface area (Å²) in [6, 6.07) is 11.8. The van der Waals surface area contributed by atoms with Gasteiger partial charge in [0.15, 0.2) is 0 Å². The number of nitro benzene ring substituents is 1. The van der Waals surface area contributed by atoms with Crippen LogP contribution in [0.2, 0.25) is 0 Å². The number of carbonyl (C=O) groups is 2. The van der Waals surface area contributed by atoms with E-state index < -0.39 is 52.0 Å². The maximum Gasteiger partial charge on any atom is 0.431 e. The van der Waals surface area contributed by atoms with Crippen molar-refractivity contribution in [2.24, 2.45) is 0 Å². The van der Waals surface area contributed by atoms with Gasteiger partial charge < -0.3 is 30.0 Å². The van der Waals surface area contributed by atoms with E-state index in [0.717, 1.165) is 24.8 Å². The van der Waals surface area contributed by atoms with Crippen LogP contribution in [0.25, 0.3) is 0 Å². The number of nitrogens with zero attached hydrogens (tertiary/aromatic N) is 1. The molecule has 1 heterocycles. The first-order chi connectivity index (χ1) is 21.5. The Morgan fingerprint density at radius 3 is 2.32 bits per heavy atom. The SMILES string of the molecule is COC(=O)C1=C(C(F)(F)F)NC(C)=C(C(=O)OCCCc2ccc(OCC(O)CNC(C)(C)C)cc2)C1c1cccc([N+](=O)[O-])c1.Cl. The number of alkyl halides is 3. The number of aryl methyl sites for hydroxylation is 1. The van der Waals surface area contributed by atoms with Gasteiger partial charge in [-0.1, -0.05) is 24.3 Å². The Labute approximate surface area is 276 Å².